The molecular formula is C11H13NO3. The third-order valence-corrected chi connectivity index (χ3v) is 2.65. The summed E-state index contributed by atoms with van der Waals surface area (Å²) >= 11 is 0. The highest BCUT2D eigenvalue weighted by atomic mass is 16.5. The van der Waals surface area contributed by atoms with Gasteiger partial charge in [-0.2, -0.15) is 0 Å². The molecule has 0 radical (unpaired) electrons. The molecule has 2 rings (SSSR count). The number of phenols is 1. The molecule has 2 N–H and O–H groups in total. The van der Waals surface area contributed by atoms with Gasteiger partial charge in [-0.05, 0) is 6.07 Å². The lowest BCUT2D eigenvalue weighted by Gasteiger charge is -2.13. The highest BCUT2D eigenvalue weighted by Gasteiger charge is 2.26. The Morgan fingerprint density at radius 1 is 1.53 bits per heavy atom. The number of phenolic OH excluding ortho intramolecular Hbond substituents is 1. The highest BCUT2D eigenvalue weighted by molar-refractivity contribution is 5.79. The van der Waals surface area contributed by atoms with E-state index in [0.29, 0.717) is 18.7 Å². The molecule has 1 atom stereocenters. The monoisotopic (exact) mass is 207 g/mol. The molecule has 1 fully saturated rings. The van der Waals surface area contributed by atoms with Gasteiger partial charge in [0.2, 0.25) is 5.91 Å². The molecule has 1 aromatic carbocycles. The zero-order valence-electron chi connectivity index (χ0n) is 8.49. The minimum atomic E-state index is 0.0467. The number of ether oxygens (including phenoxy) is 1. The van der Waals surface area contributed by atoms with Gasteiger partial charge in [-0.3, -0.25) is 4.79 Å². The molecule has 1 amide bonds. The number of carbonyl (C=O) groups excluding carboxylic acids is 1. The van der Waals surface area contributed by atoms with Crippen LogP contribution in [0.4, 0.5) is 0 Å². The molecule has 0 spiro atoms. The zero-order valence-corrected chi connectivity index (χ0v) is 8.49. The van der Waals surface area contributed by atoms with Gasteiger partial charge in [0.05, 0.1) is 7.11 Å². The molecule has 1 aliphatic heterocycles. The van der Waals surface area contributed by atoms with Crippen LogP contribution in [0.3, 0.4) is 0 Å². The molecule has 80 valence electrons. The van der Waals surface area contributed by atoms with Crippen LogP contribution in [0.15, 0.2) is 18.2 Å². The van der Waals surface area contributed by atoms with Gasteiger partial charge in [-0.15, -0.1) is 0 Å². The summed E-state index contributed by atoms with van der Waals surface area (Å²) in [6.07, 6.45) is 0.458. The summed E-state index contributed by atoms with van der Waals surface area (Å²) in [5, 5.41) is 12.3. The molecular weight excluding hydrogens is 194 g/mol. The van der Waals surface area contributed by atoms with Crippen molar-refractivity contribution >= 4 is 5.91 Å². The molecule has 0 aliphatic carbocycles. The average Bonchev–Trinajstić information content (AvgIpc) is 2.64. The van der Waals surface area contributed by atoms with Crippen molar-refractivity contribution in [2.24, 2.45) is 0 Å². The molecule has 1 unspecified atom stereocenters. The van der Waals surface area contributed by atoms with Crippen LogP contribution in [-0.2, 0) is 4.79 Å². The van der Waals surface area contributed by atoms with Gasteiger partial charge < -0.3 is 15.2 Å². The molecule has 1 aliphatic rings. The van der Waals surface area contributed by atoms with E-state index in [9.17, 15) is 9.90 Å². The van der Waals surface area contributed by atoms with Gasteiger partial charge in [0.25, 0.3) is 0 Å². The van der Waals surface area contributed by atoms with Crippen LogP contribution in [0.1, 0.15) is 17.9 Å². The Morgan fingerprint density at radius 3 is 2.93 bits per heavy atom. The van der Waals surface area contributed by atoms with Crippen molar-refractivity contribution in [2.75, 3.05) is 13.7 Å². The van der Waals surface area contributed by atoms with Crippen LogP contribution < -0.4 is 10.1 Å². The maximum Gasteiger partial charge on any atom is 0.220 e. The van der Waals surface area contributed by atoms with E-state index in [1.807, 2.05) is 6.07 Å². The highest BCUT2D eigenvalue weighted by Crippen LogP contribution is 2.36. The van der Waals surface area contributed by atoms with E-state index in [4.69, 9.17) is 4.74 Å². The third kappa shape index (κ3) is 1.75. The summed E-state index contributed by atoms with van der Waals surface area (Å²) in [6.45, 7) is 0.610. The van der Waals surface area contributed by atoms with Crippen LogP contribution in [0.5, 0.6) is 11.5 Å². The van der Waals surface area contributed by atoms with Crippen LogP contribution in [-0.4, -0.2) is 24.7 Å². The van der Waals surface area contributed by atoms with Crippen molar-refractivity contribution in [1.29, 1.82) is 0 Å². The van der Waals surface area contributed by atoms with Crippen LogP contribution in [0.2, 0.25) is 0 Å². The standard InChI is InChI=1S/C11H13NO3/c1-15-11-8(3-2-4-9(11)13)7-5-10(14)12-6-7/h2-4,7,13H,5-6H2,1H3,(H,12,14). The van der Waals surface area contributed by atoms with E-state index >= 15 is 0 Å². The van der Waals surface area contributed by atoms with Crippen LogP contribution >= 0.6 is 0 Å². The summed E-state index contributed by atoms with van der Waals surface area (Å²) in [7, 11) is 1.52. The number of carbonyl (C=O) groups is 1. The fourth-order valence-corrected chi connectivity index (χ4v) is 1.91. The van der Waals surface area contributed by atoms with Crippen molar-refractivity contribution in [3.63, 3.8) is 0 Å². The fraction of sp³-hybridized carbons (Fsp3) is 0.364. The van der Waals surface area contributed by atoms with Gasteiger partial charge in [0.15, 0.2) is 11.5 Å². The molecule has 0 aromatic heterocycles. The maximum absolute atomic E-state index is 11.1. The topological polar surface area (TPSA) is 58.6 Å². The van der Waals surface area contributed by atoms with Crippen molar-refractivity contribution in [3.05, 3.63) is 23.8 Å². The van der Waals surface area contributed by atoms with E-state index in [1.165, 1.54) is 7.11 Å². The Morgan fingerprint density at radius 2 is 2.33 bits per heavy atom. The van der Waals surface area contributed by atoms with E-state index in [0.717, 1.165) is 5.56 Å². The first kappa shape index (κ1) is 9.83. The van der Waals surface area contributed by atoms with Gasteiger partial charge in [-0.1, -0.05) is 12.1 Å². The lowest BCUT2D eigenvalue weighted by Crippen LogP contribution is -2.13. The average molecular weight is 207 g/mol. The first-order valence-electron chi connectivity index (χ1n) is 4.85. The second kappa shape index (κ2) is 3.81. The number of amides is 1. The molecule has 0 bridgehead atoms. The number of hydrogen-bond acceptors (Lipinski definition) is 3. The van der Waals surface area contributed by atoms with Gasteiger partial charge in [0, 0.05) is 24.4 Å². The molecule has 1 saturated heterocycles. The Bertz CT molecular complexity index is 389. The second-order valence-electron chi connectivity index (χ2n) is 3.60. The largest absolute Gasteiger partial charge is 0.504 e. The predicted octanol–water partition coefficient (Wildman–Crippen LogP) is 1.00. The van der Waals surface area contributed by atoms with Crippen LogP contribution in [0.25, 0.3) is 0 Å². The van der Waals surface area contributed by atoms with E-state index in [-0.39, 0.29) is 17.6 Å². The molecule has 1 aromatic rings. The summed E-state index contributed by atoms with van der Waals surface area (Å²) in [5.74, 6) is 0.735. The molecule has 1 heterocycles. The summed E-state index contributed by atoms with van der Waals surface area (Å²) in [5.41, 5.74) is 0.885. The number of para-hydroxylation sites is 1. The van der Waals surface area contributed by atoms with Crippen molar-refractivity contribution in [3.8, 4) is 11.5 Å². The van der Waals surface area contributed by atoms with E-state index < -0.39 is 0 Å². The van der Waals surface area contributed by atoms with Crippen molar-refractivity contribution in [1.82, 2.24) is 5.32 Å². The normalized spacial score (nSPS) is 20.1. The van der Waals surface area contributed by atoms with Gasteiger partial charge in [0.1, 0.15) is 0 Å². The minimum absolute atomic E-state index is 0.0467. The molecule has 0 saturated carbocycles. The molecule has 15 heavy (non-hydrogen) atoms. The molecule has 4 nitrogen and oxygen atoms in total. The smallest absolute Gasteiger partial charge is 0.220 e. The number of rotatable bonds is 2. The SMILES string of the molecule is COc1c(O)cccc1C1CNC(=O)C1. The summed E-state index contributed by atoms with van der Waals surface area (Å²) < 4.78 is 5.13. The number of methoxy groups -OCH3 is 1. The number of benzene rings is 1. The Hall–Kier alpha value is -1.71. The summed E-state index contributed by atoms with van der Waals surface area (Å²) in [4.78, 5) is 11.1. The lowest BCUT2D eigenvalue weighted by atomic mass is 9.97. The first-order valence-corrected chi connectivity index (χ1v) is 4.85. The van der Waals surface area contributed by atoms with Crippen molar-refractivity contribution in [2.45, 2.75) is 12.3 Å². The predicted molar refractivity (Wildman–Crippen MR) is 55.0 cm³/mol. The number of aromatic hydroxyl groups is 1. The summed E-state index contributed by atoms with van der Waals surface area (Å²) in [6, 6.07) is 5.21. The number of hydrogen-bond donors (Lipinski definition) is 2. The lowest BCUT2D eigenvalue weighted by molar-refractivity contribution is -0.119. The first-order chi connectivity index (χ1) is 7.22. The fourth-order valence-electron chi connectivity index (χ4n) is 1.91. The Balaban J connectivity index is 2.35. The number of nitrogens with one attached hydrogen (secondary N) is 1. The zero-order chi connectivity index (χ0) is 10.8. The Labute approximate surface area is 87.9 Å². The Kier molecular flexibility index (Phi) is 2.49. The minimum Gasteiger partial charge on any atom is -0.504 e. The van der Waals surface area contributed by atoms with E-state index in [2.05, 4.69) is 5.32 Å². The molecule has 4 heteroatoms. The van der Waals surface area contributed by atoms with E-state index in [1.54, 1.807) is 12.1 Å². The van der Waals surface area contributed by atoms with Gasteiger partial charge >= 0.3 is 0 Å². The second-order valence-corrected chi connectivity index (χ2v) is 3.60. The van der Waals surface area contributed by atoms with Gasteiger partial charge in [-0.25, -0.2) is 0 Å². The van der Waals surface area contributed by atoms with Crippen molar-refractivity contribution < 1.29 is 14.6 Å². The quantitative estimate of drug-likeness (QED) is 0.760. The third-order valence-electron chi connectivity index (χ3n) is 2.65. The maximum atomic E-state index is 11.1. The van der Waals surface area contributed by atoms with Crippen LogP contribution in [0, 0.1) is 0 Å².